The molecular weight excluding hydrogens is 277 g/mol. The summed E-state index contributed by atoms with van der Waals surface area (Å²) >= 11 is 4.82. The Balaban J connectivity index is 2.92. The molecule has 0 radical (unpaired) electrons. The third kappa shape index (κ3) is 3.44. The van der Waals surface area contributed by atoms with Crippen molar-refractivity contribution in [1.29, 1.82) is 0 Å². The van der Waals surface area contributed by atoms with E-state index in [4.69, 9.17) is 18.0 Å². The van der Waals surface area contributed by atoms with E-state index >= 15 is 0 Å². The van der Waals surface area contributed by atoms with Gasteiger partial charge in [-0.3, -0.25) is 0 Å². The zero-order chi connectivity index (χ0) is 14.0. The van der Waals surface area contributed by atoms with E-state index in [0.29, 0.717) is 0 Å². The van der Waals surface area contributed by atoms with E-state index in [1.807, 2.05) is 0 Å². The minimum atomic E-state index is -4.01. The summed E-state index contributed by atoms with van der Waals surface area (Å²) in [4.78, 5) is 3.68. The van der Waals surface area contributed by atoms with Crippen LogP contribution in [-0.2, 0) is 10.0 Å². The van der Waals surface area contributed by atoms with E-state index in [2.05, 4.69) is 9.71 Å². The maximum Gasteiger partial charge on any atom is 0.261 e. The lowest BCUT2D eigenvalue weighted by Crippen LogP contribution is -2.41. The van der Waals surface area contributed by atoms with Crippen molar-refractivity contribution < 1.29 is 12.8 Å². The number of nitrogens with one attached hydrogen (secondary N) is 1. The average Bonchev–Trinajstić information content (AvgIpc) is 2.27. The number of rotatable bonds is 5. The largest absolute Gasteiger partial charge is 0.393 e. The molecule has 0 aliphatic heterocycles. The lowest BCUT2D eigenvalue weighted by atomic mass is 9.94. The van der Waals surface area contributed by atoms with E-state index < -0.39 is 26.3 Å². The molecule has 0 aliphatic rings. The van der Waals surface area contributed by atoms with Gasteiger partial charge in [0.2, 0.25) is 5.03 Å². The highest BCUT2D eigenvalue weighted by Gasteiger charge is 2.27. The molecule has 0 aliphatic carbocycles. The fraction of sp³-hybridized carbons (Fsp3) is 0.400. The van der Waals surface area contributed by atoms with Crippen molar-refractivity contribution in [3.63, 3.8) is 0 Å². The quantitative estimate of drug-likeness (QED) is 0.784. The van der Waals surface area contributed by atoms with Crippen LogP contribution in [0.4, 0.5) is 4.39 Å². The minimum absolute atomic E-state index is 0.0271. The Morgan fingerprint density at radius 3 is 2.72 bits per heavy atom. The number of nitrogens with two attached hydrogens (primary N) is 1. The first-order valence-corrected chi connectivity index (χ1v) is 6.96. The van der Waals surface area contributed by atoms with Crippen LogP contribution in [0.5, 0.6) is 0 Å². The van der Waals surface area contributed by atoms with Crippen LogP contribution in [-0.4, -0.2) is 24.9 Å². The summed E-state index contributed by atoms with van der Waals surface area (Å²) in [5.74, 6) is -0.905. The van der Waals surface area contributed by atoms with Crippen LogP contribution < -0.4 is 10.5 Å². The molecular formula is C10H14FN3O2S2. The Hall–Kier alpha value is -1.12. The normalized spacial score (nSPS) is 12.4. The number of thiocarbonyl (C=S) groups is 1. The molecule has 0 bridgehead atoms. The molecule has 1 rings (SSSR count). The summed E-state index contributed by atoms with van der Waals surface area (Å²) in [7, 11) is -4.01. The SMILES string of the molecule is CC(C)(CNS(=O)(=O)c1ncccc1F)C(N)=S. The van der Waals surface area contributed by atoms with Gasteiger partial charge in [-0.25, -0.2) is 22.5 Å². The number of sulfonamides is 1. The van der Waals surface area contributed by atoms with Crippen molar-refractivity contribution in [3.8, 4) is 0 Å². The fourth-order valence-corrected chi connectivity index (χ4v) is 2.28. The maximum absolute atomic E-state index is 13.3. The molecule has 0 atom stereocenters. The number of aromatic nitrogens is 1. The molecule has 8 heteroatoms. The number of pyridine rings is 1. The maximum atomic E-state index is 13.3. The molecule has 1 aromatic rings. The summed E-state index contributed by atoms with van der Waals surface area (Å²) in [6, 6.07) is 2.34. The third-order valence-corrected chi connectivity index (χ3v) is 4.24. The van der Waals surface area contributed by atoms with E-state index in [1.54, 1.807) is 13.8 Å². The predicted octanol–water partition coefficient (Wildman–Crippen LogP) is 0.811. The van der Waals surface area contributed by atoms with Crippen LogP contribution in [0.15, 0.2) is 23.4 Å². The van der Waals surface area contributed by atoms with Crippen molar-refractivity contribution >= 4 is 27.2 Å². The number of hydrogen-bond acceptors (Lipinski definition) is 4. The van der Waals surface area contributed by atoms with Crippen LogP contribution >= 0.6 is 12.2 Å². The van der Waals surface area contributed by atoms with Crippen LogP contribution in [0.1, 0.15) is 13.8 Å². The molecule has 0 aromatic carbocycles. The lowest BCUT2D eigenvalue weighted by molar-refractivity contribution is 0.494. The standard InChI is InChI=1S/C10H14FN3O2S2/c1-10(2,9(12)17)6-14-18(15,16)8-7(11)4-3-5-13-8/h3-5,14H,6H2,1-2H3,(H2,12,17). The van der Waals surface area contributed by atoms with Gasteiger partial charge in [0.25, 0.3) is 10.0 Å². The number of nitrogens with zero attached hydrogens (tertiary/aromatic N) is 1. The van der Waals surface area contributed by atoms with Crippen LogP contribution in [0, 0.1) is 11.2 Å². The van der Waals surface area contributed by atoms with Gasteiger partial charge in [0.1, 0.15) is 0 Å². The van der Waals surface area contributed by atoms with Gasteiger partial charge in [-0.2, -0.15) is 0 Å². The second-order valence-corrected chi connectivity index (χ2v) is 6.49. The third-order valence-electron chi connectivity index (χ3n) is 2.35. The van der Waals surface area contributed by atoms with Gasteiger partial charge in [0.15, 0.2) is 5.82 Å². The monoisotopic (exact) mass is 291 g/mol. The molecule has 0 saturated heterocycles. The highest BCUT2D eigenvalue weighted by molar-refractivity contribution is 7.89. The highest BCUT2D eigenvalue weighted by Crippen LogP contribution is 2.16. The Morgan fingerprint density at radius 1 is 1.61 bits per heavy atom. The topological polar surface area (TPSA) is 85.1 Å². The molecule has 3 N–H and O–H groups in total. The van der Waals surface area contributed by atoms with Gasteiger partial charge < -0.3 is 5.73 Å². The first-order chi connectivity index (χ1) is 8.17. The van der Waals surface area contributed by atoms with Crippen molar-refractivity contribution in [2.75, 3.05) is 6.54 Å². The van der Waals surface area contributed by atoms with Crippen molar-refractivity contribution in [1.82, 2.24) is 9.71 Å². The van der Waals surface area contributed by atoms with Crippen molar-refractivity contribution in [2.24, 2.45) is 11.1 Å². The van der Waals surface area contributed by atoms with Crippen molar-refractivity contribution in [3.05, 3.63) is 24.1 Å². The highest BCUT2D eigenvalue weighted by atomic mass is 32.2. The molecule has 0 amide bonds. The van der Waals surface area contributed by atoms with Crippen LogP contribution in [0.25, 0.3) is 0 Å². The van der Waals surface area contributed by atoms with Gasteiger partial charge in [-0.1, -0.05) is 26.1 Å². The van der Waals surface area contributed by atoms with E-state index in [9.17, 15) is 12.8 Å². The molecule has 0 fully saturated rings. The summed E-state index contributed by atoms with van der Waals surface area (Å²) in [6.45, 7) is 3.35. The first-order valence-electron chi connectivity index (χ1n) is 5.07. The van der Waals surface area contributed by atoms with Crippen molar-refractivity contribution in [2.45, 2.75) is 18.9 Å². The molecule has 100 valence electrons. The zero-order valence-electron chi connectivity index (χ0n) is 9.97. The summed E-state index contributed by atoms with van der Waals surface area (Å²) < 4.78 is 39.2. The van der Waals surface area contributed by atoms with Gasteiger partial charge in [0.05, 0.1) is 4.99 Å². The Kier molecular flexibility index (Phi) is 4.36. The van der Waals surface area contributed by atoms with E-state index in [1.165, 1.54) is 12.3 Å². The number of halogens is 1. The average molecular weight is 291 g/mol. The fourth-order valence-electron chi connectivity index (χ4n) is 1.000. The smallest absolute Gasteiger partial charge is 0.261 e. The second-order valence-electron chi connectivity index (χ2n) is 4.36. The van der Waals surface area contributed by atoms with Gasteiger partial charge in [-0.05, 0) is 12.1 Å². The molecule has 18 heavy (non-hydrogen) atoms. The molecule has 1 heterocycles. The summed E-state index contributed by atoms with van der Waals surface area (Å²) in [5.41, 5.74) is 4.77. The van der Waals surface area contributed by atoms with Gasteiger partial charge in [0, 0.05) is 18.2 Å². The predicted molar refractivity (Wildman–Crippen MR) is 69.9 cm³/mol. The van der Waals surface area contributed by atoms with Gasteiger partial charge in [-0.15, -0.1) is 0 Å². The van der Waals surface area contributed by atoms with Gasteiger partial charge >= 0.3 is 0 Å². The molecule has 5 nitrogen and oxygen atoms in total. The van der Waals surface area contributed by atoms with Crippen LogP contribution in [0.3, 0.4) is 0 Å². The number of hydrogen-bond donors (Lipinski definition) is 2. The van der Waals surface area contributed by atoms with Crippen LogP contribution in [0.2, 0.25) is 0 Å². The first kappa shape index (κ1) is 14.9. The summed E-state index contributed by atoms with van der Waals surface area (Å²) in [6.07, 6.45) is 1.20. The Morgan fingerprint density at radius 2 is 2.22 bits per heavy atom. The molecule has 0 unspecified atom stereocenters. The molecule has 1 aromatic heterocycles. The van der Waals surface area contributed by atoms with E-state index in [0.717, 1.165) is 6.07 Å². The second kappa shape index (κ2) is 5.25. The molecule has 0 saturated carbocycles. The Bertz CT molecular complexity index is 558. The van der Waals surface area contributed by atoms with E-state index in [-0.39, 0.29) is 11.5 Å². The summed E-state index contributed by atoms with van der Waals surface area (Å²) in [5, 5.41) is -0.635. The Labute approximate surface area is 111 Å². The lowest BCUT2D eigenvalue weighted by Gasteiger charge is -2.23. The zero-order valence-corrected chi connectivity index (χ0v) is 11.6. The minimum Gasteiger partial charge on any atom is -0.393 e. The molecule has 0 spiro atoms.